The third-order valence-corrected chi connectivity index (χ3v) is 2.88. The van der Waals surface area contributed by atoms with Gasteiger partial charge in [-0.25, -0.2) is 4.98 Å². The van der Waals surface area contributed by atoms with E-state index in [2.05, 4.69) is 61.0 Å². The van der Waals surface area contributed by atoms with Crippen molar-refractivity contribution in [1.82, 2.24) is 9.97 Å². The van der Waals surface area contributed by atoms with Crippen molar-refractivity contribution < 1.29 is 4.74 Å². The molecule has 0 aliphatic heterocycles. The van der Waals surface area contributed by atoms with Crippen molar-refractivity contribution >= 4 is 37.8 Å². The Morgan fingerprint density at radius 3 is 2.75 bits per heavy atom. The lowest BCUT2D eigenvalue weighted by molar-refractivity contribution is 0.394. The van der Waals surface area contributed by atoms with Crippen LogP contribution >= 0.6 is 31.9 Å². The number of methoxy groups -OCH3 is 1. The highest BCUT2D eigenvalue weighted by atomic mass is 79.9. The van der Waals surface area contributed by atoms with Gasteiger partial charge in [-0.15, -0.1) is 0 Å². The Bertz CT molecular complexity index is 347. The highest BCUT2D eigenvalue weighted by molar-refractivity contribution is 9.10. The molecular weight excluding hydrogens is 338 g/mol. The van der Waals surface area contributed by atoms with Gasteiger partial charge in [0.05, 0.1) is 17.8 Å². The number of ether oxygens (including phenoxy) is 1. The van der Waals surface area contributed by atoms with Crippen LogP contribution in [-0.2, 0) is 0 Å². The first-order valence-corrected chi connectivity index (χ1v) is 6.71. The summed E-state index contributed by atoms with van der Waals surface area (Å²) in [6, 6.07) is 0.306. The summed E-state index contributed by atoms with van der Waals surface area (Å²) in [4.78, 5) is 8.87. The molecule has 1 N–H and O–H groups in total. The Morgan fingerprint density at radius 1 is 1.50 bits per heavy atom. The minimum atomic E-state index is 0.306. The number of nitrogens with zero attached hydrogens (tertiary/aromatic N) is 2. The lowest BCUT2D eigenvalue weighted by Crippen LogP contribution is -2.20. The van der Waals surface area contributed by atoms with E-state index >= 15 is 0 Å². The summed E-state index contributed by atoms with van der Waals surface area (Å²) in [5, 5.41) is 3.22. The molecule has 0 spiro atoms. The SMILES string of the molecule is COc1nc(NC(C)CC(C)Br)ncc1Br. The van der Waals surface area contributed by atoms with Crippen LogP contribution in [0.25, 0.3) is 0 Å². The molecule has 0 aliphatic carbocycles. The fourth-order valence-corrected chi connectivity index (χ4v) is 2.24. The largest absolute Gasteiger partial charge is 0.480 e. The number of halogens is 2. The number of hydrogen-bond acceptors (Lipinski definition) is 4. The summed E-state index contributed by atoms with van der Waals surface area (Å²) < 4.78 is 5.85. The molecule has 0 bridgehead atoms. The second kappa shape index (κ2) is 6.39. The molecule has 0 aliphatic rings. The van der Waals surface area contributed by atoms with Crippen molar-refractivity contribution in [1.29, 1.82) is 0 Å². The molecule has 1 rings (SSSR count). The molecule has 0 saturated carbocycles. The molecule has 2 atom stereocenters. The minimum absolute atomic E-state index is 0.306. The molecule has 1 aromatic heterocycles. The summed E-state index contributed by atoms with van der Waals surface area (Å²) in [6.45, 7) is 4.21. The third-order valence-electron chi connectivity index (χ3n) is 1.96. The van der Waals surface area contributed by atoms with Crippen LogP contribution in [0.1, 0.15) is 20.3 Å². The molecule has 0 radical (unpaired) electrons. The van der Waals surface area contributed by atoms with Gasteiger partial charge in [0.15, 0.2) is 0 Å². The maximum atomic E-state index is 5.10. The Kier molecular flexibility index (Phi) is 5.48. The van der Waals surface area contributed by atoms with E-state index in [9.17, 15) is 0 Å². The van der Waals surface area contributed by atoms with E-state index in [0.717, 1.165) is 10.9 Å². The van der Waals surface area contributed by atoms with E-state index in [1.165, 1.54) is 0 Å². The topological polar surface area (TPSA) is 47.0 Å². The average molecular weight is 353 g/mol. The van der Waals surface area contributed by atoms with Gasteiger partial charge in [0, 0.05) is 10.9 Å². The highest BCUT2D eigenvalue weighted by Gasteiger charge is 2.09. The molecule has 0 aromatic carbocycles. The quantitative estimate of drug-likeness (QED) is 0.826. The van der Waals surface area contributed by atoms with E-state index in [0.29, 0.717) is 22.7 Å². The summed E-state index contributed by atoms with van der Waals surface area (Å²) in [5.74, 6) is 1.12. The first-order valence-electron chi connectivity index (χ1n) is 5.00. The number of aromatic nitrogens is 2. The molecule has 4 nitrogen and oxygen atoms in total. The van der Waals surface area contributed by atoms with E-state index in [-0.39, 0.29) is 0 Å². The highest BCUT2D eigenvalue weighted by Crippen LogP contribution is 2.22. The molecule has 6 heteroatoms. The lowest BCUT2D eigenvalue weighted by atomic mass is 10.2. The number of rotatable bonds is 5. The molecule has 16 heavy (non-hydrogen) atoms. The van der Waals surface area contributed by atoms with Crippen LogP contribution in [-0.4, -0.2) is 27.9 Å². The maximum Gasteiger partial charge on any atom is 0.232 e. The number of hydrogen-bond donors (Lipinski definition) is 1. The number of alkyl halides is 1. The van der Waals surface area contributed by atoms with Crippen molar-refractivity contribution in [2.75, 3.05) is 12.4 Å². The average Bonchev–Trinajstić information content (AvgIpc) is 2.19. The van der Waals surface area contributed by atoms with Crippen LogP contribution in [0.5, 0.6) is 5.88 Å². The maximum absolute atomic E-state index is 5.10. The van der Waals surface area contributed by atoms with E-state index in [1.54, 1.807) is 13.3 Å². The van der Waals surface area contributed by atoms with E-state index in [1.807, 2.05) is 0 Å². The Labute approximate surface area is 112 Å². The normalized spacial score (nSPS) is 14.3. The lowest BCUT2D eigenvalue weighted by Gasteiger charge is -2.15. The van der Waals surface area contributed by atoms with Gasteiger partial charge in [-0.05, 0) is 29.3 Å². The number of nitrogens with one attached hydrogen (secondary N) is 1. The molecule has 2 unspecified atom stereocenters. The van der Waals surface area contributed by atoms with Gasteiger partial charge < -0.3 is 10.1 Å². The Morgan fingerprint density at radius 2 is 2.19 bits per heavy atom. The van der Waals surface area contributed by atoms with E-state index < -0.39 is 0 Å². The smallest absolute Gasteiger partial charge is 0.232 e. The van der Waals surface area contributed by atoms with Gasteiger partial charge in [0.1, 0.15) is 0 Å². The summed E-state index contributed by atoms with van der Waals surface area (Å²) in [6.07, 6.45) is 2.68. The summed E-state index contributed by atoms with van der Waals surface area (Å²) in [7, 11) is 1.58. The van der Waals surface area contributed by atoms with Crippen LogP contribution in [0.2, 0.25) is 0 Å². The Balaban J connectivity index is 2.67. The molecule has 0 saturated heterocycles. The van der Waals surface area contributed by atoms with Gasteiger partial charge in [-0.2, -0.15) is 4.98 Å². The summed E-state index contributed by atoms with van der Waals surface area (Å²) >= 11 is 6.83. The van der Waals surface area contributed by atoms with Crippen LogP contribution < -0.4 is 10.1 Å². The Hall–Kier alpha value is -0.360. The molecule has 1 heterocycles. The zero-order valence-corrected chi connectivity index (χ0v) is 12.7. The predicted octanol–water partition coefficient (Wildman–Crippen LogP) is 3.22. The molecule has 0 amide bonds. The molecule has 0 fully saturated rings. The first-order chi connectivity index (χ1) is 7.52. The molecule has 90 valence electrons. The fourth-order valence-electron chi connectivity index (χ4n) is 1.33. The van der Waals surface area contributed by atoms with Gasteiger partial charge >= 0.3 is 0 Å². The van der Waals surface area contributed by atoms with Gasteiger partial charge in [-0.3, -0.25) is 0 Å². The van der Waals surface area contributed by atoms with E-state index in [4.69, 9.17) is 4.74 Å². The molecule has 1 aromatic rings. The van der Waals surface area contributed by atoms with Crippen molar-refractivity contribution in [3.8, 4) is 5.88 Å². The third kappa shape index (κ3) is 4.25. The standard InChI is InChI=1S/C10H15Br2N3O/c1-6(11)4-7(2)14-10-13-5-8(12)9(15-10)16-3/h5-7H,4H2,1-3H3,(H,13,14,15). The van der Waals surface area contributed by atoms with Crippen LogP contribution in [0.4, 0.5) is 5.95 Å². The second-order valence-electron chi connectivity index (χ2n) is 3.61. The van der Waals surface area contributed by atoms with Gasteiger partial charge in [0.2, 0.25) is 11.8 Å². The van der Waals surface area contributed by atoms with Crippen LogP contribution in [0.15, 0.2) is 10.7 Å². The van der Waals surface area contributed by atoms with Crippen molar-refractivity contribution in [2.45, 2.75) is 31.1 Å². The van der Waals surface area contributed by atoms with Crippen molar-refractivity contribution in [2.24, 2.45) is 0 Å². The predicted molar refractivity (Wildman–Crippen MR) is 72.4 cm³/mol. The molecular formula is C10H15Br2N3O. The van der Waals surface area contributed by atoms with Crippen LogP contribution in [0, 0.1) is 0 Å². The van der Waals surface area contributed by atoms with Crippen molar-refractivity contribution in [3.05, 3.63) is 10.7 Å². The number of anilines is 1. The zero-order valence-electron chi connectivity index (χ0n) is 9.50. The zero-order chi connectivity index (χ0) is 12.1. The minimum Gasteiger partial charge on any atom is -0.480 e. The van der Waals surface area contributed by atoms with Gasteiger partial charge in [-0.1, -0.05) is 22.9 Å². The van der Waals surface area contributed by atoms with Gasteiger partial charge in [0.25, 0.3) is 0 Å². The monoisotopic (exact) mass is 351 g/mol. The van der Waals surface area contributed by atoms with Crippen LogP contribution in [0.3, 0.4) is 0 Å². The second-order valence-corrected chi connectivity index (χ2v) is 6.03. The van der Waals surface area contributed by atoms with Crippen molar-refractivity contribution in [3.63, 3.8) is 0 Å². The first kappa shape index (κ1) is 13.7. The summed E-state index contributed by atoms with van der Waals surface area (Å²) in [5.41, 5.74) is 0. The fraction of sp³-hybridized carbons (Fsp3) is 0.600.